The second-order valence-corrected chi connectivity index (χ2v) is 9.96. The van der Waals surface area contributed by atoms with E-state index in [2.05, 4.69) is 6.92 Å². The second kappa shape index (κ2) is 5.39. The molecule has 4 nitrogen and oxygen atoms in total. The van der Waals surface area contributed by atoms with Gasteiger partial charge in [0.2, 0.25) is 0 Å². The first-order valence-electron chi connectivity index (χ1n) is 10.1. The molecule has 0 amide bonds. The van der Waals surface area contributed by atoms with Gasteiger partial charge < -0.3 is 10.2 Å². The first-order chi connectivity index (χ1) is 11.6. The summed E-state index contributed by atoms with van der Waals surface area (Å²) in [7, 11) is 0. The van der Waals surface area contributed by atoms with Crippen LogP contribution in [-0.2, 0) is 9.59 Å². The lowest BCUT2D eigenvalue weighted by Gasteiger charge is -2.62. The molecule has 140 valence electrons. The maximum absolute atomic E-state index is 12.3. The van der Waals surface area contributed by atoms with Gasteiger partial charge in [-0.15, -0.1) is 0 Å². The van der Waals surface area contributed by atoms with Gasteiger partial charge in [-0.25, -0.2) is 0 Å². The molecular weight excluding hydrogens is 316 g/mol. The van der Waals surface area contributed by atoms with E-state index >= 15 is 0 Å². The van der Waals surface area contributed by atoms with E-state index in [1.54, 1.807) is 0 Å². The van der Waals surface area contributed by atoms with E-state index in [-0.39, 0.29) is 17.1 Å². The van der Waals surface area contributed by atoms with Gasteiger partial charge in [-0.05, 0) is 74.5 Å². The number of hydrogen-bond donors (Lipinski definition) is 2. The molecule has 4 aliphatic carbocycles. The summed E-state index contributed by atoms with van der Waals surface area (Å²) in [6.45, 7) is 5.82. The van der Waals surface area contributed by atoms with Crippen LogP contribution in [0.25, 0.3) is 0 Å². The van der Waals surface area contributed by atoms with Crippen molar-refractivity contribution in [1.82, 2.24) is 0 Å². The molecule has 0 radical (unpaired) electrons. The molecule has 0 aromatic carbocycles. The number of carbonyl (C=O) groups excluding carboxylic acids is 2. The summed E-state index contributed by atoms with van der Waals surface area (Å²) in [5.41, 5.74) is -1.79. The summed E-state index contributed by atoms with van der Waals surface area (Å²) < 4.78 is 0. The van der Waals surface area contributed by atoms with Crippen molar-refractivity contribution in [3.63, 3.8) is 0 Å². The third-order valence-electron chi connectivity index (χ3n) is 9.15. The lowest BCUT2D eigenvalue weighted by Crippen LogP contribution is -2.62. The highest BCUT2D eigenvalue weighted by Gasteiger charge is 2.68. The number of Topliss-reactive ketones (excluding diaryl/α,β-unsaturated/α-hetero) is 2. The summed E-state index contributed by atoms with van der Waals surface area (Å²) >= 11 is 0. The molecule has 4 aliphatic rings. The van der Waals surface area contributed by atoms with E-state index in [4.69, 9.17) is 0 Å². The van der Waals surface area contributed by atoms with E-state index < -0.39 is 17.1 Å². The summed E-state index contributed by atoms with van der Waals surface area (Å²) in [4.78, 5) is 24.2. The minimum atomic E-state index is -1.29. The normalized spacial score (nSPS) is 55.2. The van der Waals surface area contributed by atoms with Gasteiger partial charge in [0, 0.05) is 18.3 Å². The highest BCUT2D eigenvalue weighted by atomic mass is 16.3. The molecule has 25 heavy (non-hydrogen) atoms. The molecule has 0 spiro atoms. The Balaban J connectivity index is 1.71. The van der Waals surface area contributed by atoms with Gasteiger partial charge in [-0.1, -0.05) is 13.8 Å². The average molecular weight is 348 g/mol. The zero-order valence-corrected chi connectivity index (χ0v) is 15.8. The Morgan fingerprint density at radius 1 is 1.16 bits per heavy atom. The second-order valence-electron chi connectivity index (χ2n) is 9.96. The Morgan fingerprint density at radius 3 is 2.56 bits per heavy atom. The van der Waals surface area contributed by atoms with E-state index in [9.17, 15) is 19.8 Å². The molecule has 4 heteroatoms. The molecule has 0 saturated heterocycles. The topological polar surface area (TPSA) is 74.6 Å². The van der Waals surface area contributed by atoms with E-state index in [1.807, 2.05) is 6.92 Å². The summed E-state index contributed by atoms with van der Waals surface area (Å²) in [6, 6.07) is 0. The smallest absolute Gasteiger partial charge is 0.161 e. The largest absolute Gasteiger partial charge is 0.393 e. The molecule has 0 aromatic rings. The third kappa shape index (κ3) is 2.13. The SMILES string of the molecule is CC(=O)[C@@]1(O)CCC2C3CCC4CC(=O)CC[C@]4(C)C3[C@H](O)C[C@@]21C. The lowest BCUT2D eigenvalue weighted by atomic mass is 9.43. The van der Waals surface area contributed by atoms with Gasteiger partial charge in [0.15, 0.2) is 5.78 Å². The fourth-order valence-electron chi connectivity index (χ4n) is 7.75. The van der Waals surface area contributed by atoms with Gasteiger partial charge in [0.25, 0.3) is 0 Å². The van der Waals surface area contributed by atoms with Crippen molar-refractivity contribution >= 4 is 11.6 Å². The molecule has 4 fully saturated rings. The van der Waals surface area contributed by atoms with Gasteiger partial charge in [-0.2, -0.15) is 0 Å². The molecule has 4 saturated carbocycles. The minimum Gasteiger partial charge on any atom is -0.393 e. The first kappa shape index (κ1) is 17.7. The molecule has 0 bridgehead atoms. The van der Waals surface area contributed by atoms with Gasteiger partial charge in [0.1, 0.15) is 11.4 Å². The number of aliphatic hydroxyl groups is 2. The van der Waals surface area contributed by atoms with E-state index in [1.165, 1.54) is 6.92 Å². The molecule has 0 aliphatic heterocycles. The highest BCUT2D eigenvalue weighted by Crippen LogP contribution is 2.68. The standard InChI is InChI=1S/C21H32O4/c1-12(22)21(25)9-7-16-15-5-4-13-10-14(23)6-8-19(13,2)18(15)17(24)11-20(16,21)3/h13,15-18,24-25H,4-11H2,1-3H3/t13?,15?,16?,17-,18?,19+,20+,21+/m1/s1. The van der Waals surface area contributed by atoms with Crippen molar-refractivity contribution < 1.29 is 19.8 Å². The Morgan fingerprint density at radius 2 is 1.88 bits per heavy atom. The van der Waals surface area contributed by atoms with Gasteiger partial charge >= 0.3 is 0 Å². The predicted molar refractivity (Wildman–Crippen MR) is 93.8 cm³/mol. The Labute approximate surface area is 150 Å². The van der Waals surface area contributed by atoms with E-state index in [0.29, 0.717) is 49.2 Å². The third-order valence-corrected chi connectivity index (χ3v) is 9.15. The Bertz CT molecular complexity index is 615. The van der Waals surface area contributed by atoms with Crippen LogP contribution >= 0.6 is 0 Å². The highest BCUT2D eigenvalue weighted by molar-refractivity contribution is 5.86. The number of fused-ring (bicyclic) bond motifs is 5. The number of aliphatic hydroxyl groups excluding tert-OH is 1. The first-order valence-corrected chi connectivity index (χ1v) is 10.1. The number of rotatable bonds is 1. The quantitative estimate of drug-likeness (QED) is 0.764. The van der Waals surface area contributed by atoms with Crippen LogP contribution < -0.4 is 0 Å². The molecular formula is C21H32O4. The lowest BCUT2D eigenvalue weighted by molar-refractivity contribution is -0.197. The summed E-state index contributed by atoms with van der Waals surface area (Å²) in [5, 5.41) is 22.4. The Hall–Kier alpha value is -0.740. The van der Waals surface area contributed by atoms with Crippen molar-refractivity contribution in [2.75, 3.05) is 0 Å². The molecule has 4 unspecified atom stereocenters. The molecule has 4 rings (SSSR count). The fourth-order valence-corrected chi connectivity index (χ4v) is 7.75. The molecule has 8 atom stereocenters. The van der Waals surface area contributed by atoms with Crippen molar-refractivity contribution in [1.29, 1.82) is 0 Å². The minimum absolute atomic E-state index is 0.0223. The molecule has 2 N–H and O–H groups in total. The zero-order chi connectivity index (χ0) is 18.2. The van der Waals surface area contributed by atoms with Crippen molar-refractivity contribution in [3.05, 3.63) is 0 Å². The van der Waals surface area contributed by atoms with Crippen LogP contribution in [-0.4, -0.2) is 33.5 Å². The van der Waals surface area contributed by atoms with Crippen LogP contribution in [0.1, 0.15) is 72.1 Å². The molecule has 0 heterocycles. The van der Waals surface area contributed by atoms with E-state index in [0.717, 1.165) is 25.7 Å². The average Bonchev–Trinajstić information content (AvgIpc) is 2.80. The van der Waals surface area contributed by atoms with Crippen molar-refractivity contribution in [3.8, 4) is 0 Å². The monoisotopic (exact) mass is 348 g/mol. The van der Waals surface area contributed by atoms with Crippen molar-refractivity contribution in [2.24, 2.45) is 34.5 Å². The van der Waals surface area contributed by atoms with Gasteiger partial charge in [0.05, 0.1) is 6.10 Å². The van der Waals surface area contributed by atoms with Crippen LogP contribution in [0.3, 0.4) is 0 Å². The zero-order valence-electron chi connectivity index (χ0n) is 15.8. The Kier molecular flexibility index (Phi) is 3.81. The summed E-state index contributed by atoms with van der Waals surface area (Å²) in [5.74, 6) is 1.48. The number of ketones is 2. The van der Waals surface area contributed by atoms with Crippen LogP contribution in [0, 0.1) is 34.5 Å². The fraction of sp³-hybridized carbons (Fsp3) is 0.905. The maximum Gasteiger partial charge on any atom is 0.161 e. The van der Waals surface area contributed by atoms with Crippen molar-refractivity contribution in [2.45, 2.75) is 83.8 Å². The van der Waals surface area contributed by atoms with Crippen LogP contribution in [0.15, 0.2) is 0 Å². The summed E-state index contributed by atoms with van der Waals surface area (Å²) in [6.07, 6.45) is 5.67. The number of carbonyl (C=O) groups is 2. The van der Waals surface area contributed by atoms with Gasteiger partial charge in [-0.3, -0.25) is 9.59 Å². The van der Waals surface area contributed by atoms with Crippen LogP contribution in [0.4, 0.5) is 0 Å². The predicted octanol–water partition coefficient (Wildman–Crippen LogP) is 2.89. The number of hydrogen-bond acceptors (Lipinski definition) is 4. The maximum atomic E-state index is 12.3. The van der Waals surface area contributed by atoms with Crippen LogP contribution in [0.5, 0.6) is 0 Å². The van der Waals surface area contributed by atoms with Crippen LogP contribution in [0.2, 0.25) is 0 Å². The molecule has 0 aromatic heterocycles.